The Morgan fingerprint density at radius 3 is 2.63 bits per heavy atom. The van der Waals surface area contributed by atoms with Crippen LogP contribution in [-0.4, -0.2) is 45.1 Å². The summed E-state index contributed by atoms with van der Waals surface area (Å²) in [6, 6.07) is 1.69. The summed E-state index contributed by atoms with van der Waals surface area (Å²) in [5.41, 5.74) is 0. The quantitative estimate of drug-likeness (QED) is 0.910. The summed E-state index contributed by atoms with van der Waals surface area (Å²) in [6.45, 7) is 5.21. The van der Waals surface area contributed by atoms with Crippen LogP contribution < -0.4 is 5.32 Å². The Bertz CT molecular complexity index is 517. The number of thiophene rings is 1. The van der Waals surface area contributed by atoms with E-state index in [1.165, 1.54) is 15.6 Å². The minimum atomic E-state index is -3.41. The molecule has 1 N–H and O–H groups in total. The van der Waals surface area contributed by atoms with E-state index in [-0.39, 0.29) is 12.2 Å². The lowest BCUT2D eigenvalue weighted by Gasteiger charge is -2.34. The van der Waals surface area contributed by atoms with Crippen molar-refractivity contribution in [3.05, 3.63) is 16.3 Å². The van der Waals surface area contributed by atoms with E-state index in [9.17, 15) is 8.42 Å². The van der Waals surface area contributed by atoms with Gasteiger partial charge in [0, 0.05) is 24.5 Å². The van der Waals surface area contributed by atoms with Crippen LogP contribution in [-0.2, 0) is 21.3 Å². The monoisotopic (exact) mass is 304 g/mol. The fraction of sp³-hybridized carbons (Fsp3) is 0.667. The van der Waals surface area contributed by atoms with Gasteiger partial charge in [0.15, 0.2) is 0 Å². The maximum Gasteiger partial charge on any atom is 0.244 e. The highest BCUT2D eigenvalue weighted by Crippen LogP contribution is 2.27. The minimum Gasteiger partial charge on any atom is -0.373 e. The summed E-state index contributed by atoms with van der Waals surface area (Å²) in [5.74, 6) is 0. The molecule has 0 saturated carbocycles. The smallest absolute Gasteiger partial charge is 0.244 e. The minimum absolute atomic E-state index is 0.0649. The lowest BCUT2D eigenvalue weighted by molar-refractivity contribution is -0.0440. The average Bonchev–Trinajstić information content (AvgIpc) is 2.77. The molecule has 108 valence electrons. The van der Waals surface area contributed by atoms with Crippen molar-refractivity contribution in [1.29, 1.82) is 0 Å². The Kier molecular flexibility index (Phi) is 4.62. The van der Waals surface area contributed by atoms with Crippen LogP contribution in [0.25, 0.3) is 0 Å². The molecule has 1 aliphatic heterocycles. The largest absolute Gasteiger partial charge is 0.373 e. The van der Waals surface area contributed by atoms with E-state index in [1.807, 2.05) is 26.3 Å². The van der Waals surface area contributed by atoms with Crippen molar-refractivity contribution in [2.45, 2.75) is 37.5 Å². The van der Waals surface area contributed by atoms with Gasteiger partial charge < -0.3 is 10.1 Å². The molecule has 2 unspecified atom stereocenters. The van der Waals surface area contributed by atoms with Crippen LogP contribution in [0.1, 0.15) is 18.7 Å². The fourth-order valence-corrected chi connectivity index (χ4v) is 5.33. The second kappa shape index (κ2) is 5.88. The molecule has 1 saturated heterocycles. The molecule has 5 nitrogen and oxygen atoms in total. The molecule has 1 fully saturated rings. The second-order valence-corrected chi connectivity index (χ2v) is 7.72. The predicted molar refractivity (Wildman–Crippen MR) is 75.9 cm³/mol. The Labute approximate surface area is 118 Å². The third-order valence-corrected chi connectivity index (χ3v) is 6.01. The van der Waals surface area contributed by atoms with Gasteiger partial charge in [-0.05, 0) is 32.3 Å². The summed E-state index contributed by atoms with van der Waals surface area (Å²) >= 11 is 1.47. The topological polar surface area (TPSA) is 58.6 Å². The molecule has 2 rings (SSSR count). The standard InChI is InChI=1S/C12H20N2O3S2/c1-9-7-14(8-10(2)17-9)19(15,16)12-4-5-18-11(12)6-13-3/h4-5,9-10,13H,6-8H2,1-3H3. The van der Waals surface area contributed by atoms with Gasteiger partial charge in [-0.15, -0.1) is 11.3 Å². The molecule has 1 aromatic rings. The van der Waals surface area contributed by atoms with Crippen LogP contribution in [0.2, 0.25) is 0 Å². The highest BCUT2D eigenvalue weighted by Gasteiger charge is 2.33. The first-order valence-electron chi connectivity index (χ1n) is 6.31. The summed E-state index contributed by atoms with van der Waals surface area (Å²) in [7, 11) is -1.60. The van der Waals surface area contributed by atoms with Gasteiger partial charge in [0.05, 0.1) is 17.1 Å². The molecule has 2 atom stereocenters. The van der Waals surface area contributed by atoms with E-state index in [4.69, 9.17) is 4.74 Å². The van der Waals surface area contributed by atoms with Crippen LogP contribution in [0.4, 0.5) is 0 Å². The molecule has 0 amide bonds. The van der Waals surface area contributed by atoms with Gasteiger partial charge in [-0.2, -0.15) is 4.31 Å². The zero-order chi connectivity index (χ0) is 14.0. The zero-order valence-electron chi connectivity index (χ0n) is 11.4. The van der Waals surface area contributed by atoms with E-state index in [0.29, 0.717) is 24.5 Å². The van der Waals surface area contributed by atoms with Crippen LogP contribution >= 0.6 is 11.3 Å². The molecule has 0 radical (unpaired) electrons. The van der Waals surface area contributed by atoms with Gasteiger partial charge in [-0.3, -0.25) is 0 Å². The Hall–Kier alpha value is -0.470. The van der Waals surface area contributed by atoms with E-state index < -0.39 is 10.0 Å². The summed E-state index contributed by atoms with van der Waals surface area (Å²) < 4.78 is 32.5. The Morgan fingerprint density at radius 2 is 2.05 bits per heavy atom. The summed E-state index contributed by atoms with van der Waals surface area (Å²) in [4.78, 5) is 1.28. The van der Waals surface area contributed by atoms with Gasteiger partial charge in [0.1, 0.15) is 0 Å². The molecular formula is C12H20N2O3S2. The Morgan fingerprint density at radius 1 is 1.42 bits per heavy atom. The molecule has 1 aromatic heterocycles. The first-order valence-corrected chi connectivity index (χ1v) is 8.63. The van der Waals surface area contributed by atoms with Crippen molar-refractivity contribution >= 4 is 21.4 Å². The molecule has 0 spiro atoms. The molecule has 0 aromatic carbocycles. The molecule has 19 heavy (non-hydrogen) atoms. The van der Waals surface area contributed by atoms with Crippen LogP contribution in [0, 0.1) is 0 Å². The van der Waals surface area contributed by atoms with Gasteiger partial charge in [-0.25, -0.2) is 8.42 Å². The first-order chi connectivity index (χ1) is 8.95. The predicted octanol–water partition coefficient (Wildman–Crippen LogP) is 1.27. The SMILES string of the molecule is CNCc1sccc1S(=O)(=O)N1CC(C)OC(C)C1. The van der Waals surface area contributed by atoms with E-state index in [2.05, 4.69) is 5.32 Å². The number of morpholine rings is 1. The lowest BCUT2D eigenvalue weighted by Crippen LogP contribution is -2.48. The van der Waals surface area contributed by atoms with Crippen molar-refractivity contribution in [1.82, 2.24) is 9.62 Å². The number of hydrogen-bond acceptors (Lipinski definition) is 5. The number of hydrogen-bond donors (Lipinski definition) is 1. The summed E-state index contributed by atoms with van der Waals surface area (Å²) in [5, 5.41) is 4.83. The Balaban J connectivity index is 2.28. The second-order valence-electron chi connectivity index (χ2n) is 4.82. The number of ether oxygens (including phenoxy) is 1. The van der Waals surface area contributed by atoms with Crippen molar-refractivity contribution < 1.29 is 13.2 Å². The van der Waals surface area contributed by atoms with Crippen molar-refractivity contribution in [3.8, 4) is 0 Å². The van der Waals surface area contributed by atoms with E-state index in [0.717, 1.165) is 4.88 Å². The number of rotatable bonds is 4. The van der Waals surface area contributed by atoms with Crippen LogP contribution in [0.3, 0.4) is 0 Å². The maximum atomic E-state index is 12.7. The highest BCUT2D eigenvalue weighted by molar-refractivity contribution is 7.89. The number of nitrogens with zero attached hydrogens (tertiary/aromatic N) is 1. The van der Waals surface area contributed by atoms with Crippen molar-refractivity contribution in [2.24, 2.45) is 0 Å². The third kappa shape index (κ3) is 3.17. The molecule has 0 bridgehead atoms. The molecule has 7 heteroatoms. The molecule has 1 aliphatic rings. The van der Waals surface area contributed by atoms with Gasteiger partial charge in [-0.1, -0.05) is 0 Å². The third-order valence-electron chi connectivity index (χ3n) is 3.05. The summed E-state index contributed by atoms with van der Waals surface area (Å²) in [6.07, 6.45) is -0.130. The van der Waals surface area contributed by atoms with E-state index in [1.54, 1.807) is 6.07 Å². The van der Waals surface area contributed by atoms with E-state index >= 15 is 0 Å². The molecular weight excluding hydrogens is 284 g/mol. The van der Waals surface area contributed by atoms with Gasteiger partial charge >= 0.3 is 0 Å². The highest BCUT2D eigenvalue weighted by atomic mass is 32.2. The first kappa shape index (κ1) is 14.9. The molecule has 0 aliphatic carbocycles. The van der Waals surface area contributed by atoms with Crippen molar-refractivity contribution in [3.63, 3.8) is 0 Å². The van der Waals surface area contributed by atoms with Crippen molar-refractivity contribution in [2.75, 3.05) is 20.1 Å². The van der Waals surface area contributed by atoms with Gasteiger partial charge in [0.2, 0.25) is 10.0 Å². The van der Waals surface area contributed by atoms with Gasteiger partial charge in [0.25, 0.3) is 0 Å². The number of sulfonamides is 1. The molecule has 2 heterocycles. The lowest BCUT2D eigenvalue weighted by atomic mass is 10.3. The number of nitrogens with one attached hydrogen (secondary N) is 1. The zero-order valence-corrected chi connectivity index (χ0v) is 13.1. The van der Waals surface area contributed by atoms with Crippen LogP contribution in [0.15, 0.2) is 16.3 Å². The maximum absolute atomic E-state index is 12.7. The normalized spacial score (nSPS) is 25.6. The average molecular weight is 304 g/mol. The fourth-order valence-electron chi connectivity index (χ4n) is 2.31. The van der Waals surface area contributed by atoms with Crippen LogP contribution in [0.5, 0.6) is 0 Å².